The Balaban J connectivity index is 1.83. The summed E-state index contributed by atoms with van der Waals surface area (Å²) < 4.78 is 32.8. The molecule has 0 saturated carbocycles. The molecule has 1 N–H and O–H groups in total. The van der Waals surface area contributed by atoms with Crippen molar-refractivity contribution in [3.63, 3.8) is 0 Å². The summed E-state index contributed by atoms with van der Waals surface area (Å²) >= 11 is 9.35. The number of hydrogen-bond acceptors (Lipinski definition) is 4. The highest BCUT2D eigenvalue weighted by Gasteiger charge is 2.27. The van der Waals surface area contributed by atoms with Crippen LogP contribution in [0.5, 0.6) is 5.75 Å². The summed E-state index contributed by atoms with van der Waals surface area (Å²) in [6.45, 7) is -2.93. The van der Waals surface area contributed by atoms with Gasteiger partial charge in [-0.05, 0) is 42.0 Å². The molecule has 1 aliphatic rings. The third-order valence-corrected chi connectivity index (χ3v) is 4.81. The number of rotatable bonds is 4. The van der Waals surface area contributed by atoms with Gasteiger partial charge < -0.3 is 10.1 Å². The van der Waals surface area contributed by atoms with E-state index in [1.807, 2.05) is 18.2 Å². The summed E-state index contributed by atoms with van der Waals surface area (Å²) in [5.74, 6) is 0.573. The number of fused-ring (bicyclic) bond motifs is 1. The van der Waals surface area contributed by atoms with E-state index in [2.05, 4.69) is 31.3 Å². The predicted molar refractivity (Wildman–Crippen MR) is 102 cm³/mol. The topological polar surface area (TPSA) is 52.0 Å². The molecule has 0 aliphatic carbocycles. The minimum absolute atomic E-state index is 0.0771. The molecule has 138 valence electrons. The van der Waals surface area contributed by atoms with Gasteiger partial charge in [-0.25, -0.2) is 4.68 Å². The number of halogens is 4. The number of allylic oxidation sites excluding steroid dienone is 1. The van der Waals surface area contributed by atoms with Crippen LogP contribution in [-0.4, -0.2) is 21.4 Å². The third kappa shape index (κ3) is 3.68. The van der Waals surface area contributed by atoms with Crippen molar-refractivity contribution >= 4 is 39.2 Å². The van der Waals surface area contributed by atoms with Gasteiger partial charge in [-0.15, -0.1) is 0 Å². The van der Waals surface area contributed by atoms with Gasteiger partial charge in [-0.1, -0.05) is 39.7 Å². The normalized spacial score (nSPS) is 15.9. The van der Waals surface area contributed by atoms with E-state index in [0.717, 1.165) is 15.7 Å². The first-order valence-corrected chi connectivity index (χ1v) is 9.07. The lowest BCUT2D eigenvalue weighted by molar-refractivity contribution is -0.0506. The number of nitrogens with one attached hydrogen (secondary N) is 1. The van der Waals surface area contributed by atoms with Crippen LogP contribution in [0.3, 0.4) is 0 Å². The molecule has 9 heteroatoms. The third-order valence-electron chi connectivity index (χ3n) is 4.07. The van der Waals surface area contributed by atoms with Crippen LogP contribution in [0.15, 0.2) is 59.3 Å². The van der Waals surface area contributed by atoms with Crippen molar-refractivity contribution in [2.75, 3.05) is 5.32 Å². The smallest absolute Gasteiger partial charge is 0.387 e. The SMILES string of the molecule is FC(F)Oc1ccc(Br)cc1C1C=C(c2ccc(Cl)cc2)Nc2ncnn21. The van der Waals surface area contributed by atoms with Crippen LogP contribution in [-0.2, 0) is 0 Å². The fraction of sp³-hybridized carbons (Fsp3) is 0.111. The maximum absolute atomic E-state index is 12.9. The molecular weight excluding hydrogens is 442 g/mol. The van der Waals surface area contributed by atoms with E-state index < -0.39 is 12.7 Å². The molecule has 1 aliphatic heterocycles. The highest BCUT2D eigenvalue weighted by Crippen LogP contribution is 2.38. The van der Waals surface area contributed by atoms with Gasteiger partial charge in [0.05, 0.1) is 0 Å². The van der Waals surface area contributed by atoms with Crippen molar-refractivity contribution in [3.8, 4) is 5.75 Å². The van der Waals surface area contributed by atoms with E-state index in [-0.39, 0.29) is 5.75 Å². The van der Waals surface area contributed by atoms with Crippen LogP contribution in [0.4, 0.5) is 14.7 Å². The lowest BCUT2D eigenvalue weighted by Gasteiger charge is -2.26. The first-order valence-electron chi connectivity index (χ1n) is 7.90. The maximum Gasteiger partial charge on any atom is 0.387 e. The van der Waals surface area contributed by atoms with Crippen molar-refractivity contribution in [3.05, 3.63) is 75.5 Å². The second-order valence-electron chi connectivity index (χ2n) is 5.75. The largest absolute Gasteiger partial charge is 0.434 e. The number of hydrogen-bond donors (Lipinski definition) is 1. The van der Waals surface area contributed by atoms with Crippen LogP contribution < -0.4 is 10.1 Å². The number of nitrogens with zero attached hydrogens (tertiary/aromatic N) is 3. The average Bonchev–Trinajstić information content (AvgIpc) is 3.11. The lowest BCUT2D eigenvalue weighted by Crippen LogP contribution is -2.21. The van der Waals surface area contributed by atoms with Gasteiger partial charge in [0.25, 0.3) is 0 Å². The van der Waals surface area contributed by atoms with Crippen LogP contribution in [0, 0.1) is 0 Å². The highest BCUT2D eigenvalue weighted by molar-refractivity contribution is 9.10. The van der Waals surface area contributed by atoms with Crippen molar-refractivity contribution in [1.82, 2.24) is 14.8 Å². The quantitative estimate of drug-likeness (QED) is 0.578. The zero-order valence-electron chi connectivity index (χ0n) is 13.6. The Kier molecular flexibility index (Phi) is 4.84. The predicted octanol–water partition coefficient (Wildman–Crippen LogP) is 5.35. The van der Waals surface area contributed by atoms with Gasteiger partial charge in [0.2, 0.25) is 5.95 Å². The molecule has 0 fully saturated rings. The summed E-state index contributed by atoms with van der Waals surface area (Å²) in [4.78, 5) is 4.21. The summed E-state index contributed by atoms with van der Waals surface area (Å²) in [5, 5.41) is 8.04. The minimum Gasteiger partial charge on any atom is -0.434 e. The van der Waals surface area contributed by atoms with Crippen molar-refractivity contribution in [1.29, 1.82) is 0 Å². The van der Waals surface area contributed by atoms with Gasteiger partial charge in [0.15, 0.2) is 0 Å². The number of ether oxygens (including phenoxy) is 1. The van der Waals surface area contributed by atoms with Gasteiger partial charge in [-0.3, -0.25) is 0 Å². The lowest BCUT2D eigenvalue weighted by atomic mass is 10.0. The van der Waals surface area contributed by atoms with E-state index in [4.69, 9.17) is 16.3 Å². The zero-order chi connectivity index (χ0) is 19.0. The molecule has 5 nitrogen and oxygen atoms in total. The maximum atomic E-state index is 12.9. The molecule has 2 aromatic carbocycles. The van der Waals surface area contributed by atoms with Crippen LogP contribution >= 0.6 is 27.5 Å². The molecule has 27 heavy (non-hydrogen) atoms. The molecule has 4 rings (SSSR count). The van der Waals surface area contributed by atoms with E-state index in [0.29, 0.717) is 16.5 Å². The molecule has 0 radical (unpaired) electrons. The zero-order valence-corrected chi connectivity index (χ0v) is 16.0. The number of alkyl halides is 2. The van der Waals surface area contributed by atoms with Gasteiger partial charge in [0.1, 0.15) is 18.1 Å². The standard InChI is InChI=1S/C18H12BrClF2N4O/c19-11-3-6-16(27-17(21)22)13(7-11)15-8-14(10-1-4-12(20)5-2-10)25-18-23-9-24-26(15)18/h1-9,15,17H,(H,23,24,25). The van der Waals surface area contributed by atoms with Crippen LogP contribution in [0.2, 0.25) is 5.02 Å². The summed E-state index contributed by atoms with van der Waals surface area (Å²) in [6.07, 6.45) is 3.28. The summed E-state index contributed by atoms with van der Waals surface area (Å²) in [5.41, 5.74) is 2.18. The average molecular weight is 454 g/mol. The second-order valence-corrected chi connectivity index (χ2v) is 7.10. The minimum atomic E-state index is -2.93. The number of aromatic nitrogens is 3. The molecule has 2 heterocycles. The molecule has 0 bridgehead atoms. The van der Waals surface area contributed by atoms with Gasteiger partial charge >= 0.3 is 6.61 Å². The van der Waals surface area contributed by atoms with E-state index in [1.54, 1.807) is 28.9 Å². The summed E-state index contributed by atoms with van der Waals surface area (Å²) in [6, 6.07) is 11.7. The highest BCUT2D eigenvalue weighted by atomic mass is 79.9. The Hall–Kier alpha value is -2.45. The fourth-order valence-electron chi connectivity index (χ4n) is 2.91. The Morgan fingerprint density at radius 1 is 1.19 bits per heavy atom. The van der Waals surface area contributed by atoms with Gasteiger partial charge in [-0.2, -0.15) is 18.9 Å². The Morgan fingerprint density at radius 2 is 1.96 bits per heavy atom. The molecule has 1 aromatic heterocycles. The van der Waals surface area contributed by atoms with Crippen LogP contribution in [0.25, 0.3) is 5.70 Å². The van der Waals surface area contributed by atoms with Gasteiger partial charge in [0, 0.05) is 20.8 Å². The number of anilines is 1. The fourth-order valence-corrected chi connectivity index (χ4v) is 3.41. The van der Waals surface area contributed by atoms with Crippen molar-refractivity contribution < 1.29 is 13.5 Å². The van der Waals surface area contributed by atoms with E-state index in [1.165, 1.54) is 12.4 Å². The molecule has 0 saturated heterocycles. The molecular formula is C18H12BrClF2N4O. The molecule has 3 aromatic rings. The molecule has 1 atom stereocenters. The van der Waals surface area contributed by atoms with E-state index in [9.17, 15) is 8.78 Å². The first-order chi connectivity index (χ1) is 13.0. The van der Waals surface area contributed by atoms with Crippen molar-refractivity contribution in [2.45, 2.75) is 12.7 Å². The Morgan fingerprint density at radius 3 is 2.70 bits per heavy atom. The molecule has 0 spiro atoms. The molecule has 0 amide bonds. The monoisotopic (exact) mass is 452 g/mol. The van der Waals surface area contributed by atoms with Crippen molar-refractivity contribution in [2.24, 2.45) is 0 Å². The Labute approximate surface area is 166 Å². The van der Waals surface area contributed by atoms with Crippen LogP contribution in [0.1, 0.15) is 17.2 Å². The van der Waals surface area contributed by atoms with E-state index >= 15 is 0 Å². The number of benzene rings is 2. The first kappa shape index (κ1) is 17.9. The summed E-state index contributed by atoms with van der Waals surface area (Å²) in [7, 11) is 0. The second kappa shape index (κ2) is 7.28. The molecule has 1 unspecified atom stereocenters. The Bertz CT molecular complexity index is 1010.